The number of anilines is 5. The van der Waals surface area contributed by atoms with Gasteiger partial charge in [0.25, 0.3) is 0 Å². The van der Waals surface area contributed by atoms with Crippen LogP contribution < -0.4 is 25.4 Å². The number of hydrogen-bond donors (Lipinski definition) is 3. The second-order valence-corrected chi connectivity index (χ2v) is 8.11. The number of rotatable bonds is 7. The van der Waals surface area contributed by atoms with E-state index in [1.54, 1.807) is 20.3 Å². The Morgan fingerprint density at radius 1 is 0.833 bits per heavy atom. The fourth-order valence-corrected chi connectivity index (χ4v) is 3.94. The zero-order chi connectivity index (χ0) is 25.2. The van der Waals surface area contributed by atoms with E-state index < -0.39 is 0 Å². The molecule has 10 nitrogen and oxygen atoms in total. The average Bonchev–Trinajstić information content (AvgIpc) is 3.19. The van der Waals surface area contributed by atoms with E-state index in [4.69, 9.17) is 19.4 Å². The van der Waals surface area contributed by atoms with Crippen LogP contribution in [0.3, 0.4) is 0 Å². The van der Waals surface area contributed by atoms with Crippen molar-refractivity contribution in [2.24, 2.45) is 7.05 Å². The maximum atomic E-state index is 11.3. The Bertz CT molecular complexity index is 1580. The van der Waals surface area contributed by atoms with Gasteiger partial charge in [-0.15, -0.1) is 0 Å². The third kappa shape index (κ3) is 4.43. The summed E-state index contributed by atoms with van der Waals surface area (Å²) in [5.74, 6) is 2.54. The molecular formula is C26H25N7O3. The predicted molar refractivity (Wildman–Crippen MR) is 141 cm³/mol. The van der Waals surface area contributed by atoms with Gasteiger partial charge in [0.2, 0.25) is 17.8 Å². The second kappa shape index (κ2) is 9.41. The molecule has 1 amide bonds. The number of aromatic nitrogens is 4. The summed E-state index contributed by atoms with van der Waals surface area (Å²) in [6.45, 7) is 1.47. The number of benzene rings is 3. The molecule has 5 aromatic rings. The number of carbonyl (C=O) groups is 1. The smallest absolute Gasteiger partial charge is 0.232 e. The topological polar surface area (TPSA) is 115 Å². The van der Waals surface area contributed by atoms with E-state index in [2.05, 4.69) is 20.9 Å². The molecule has 0 saturated carbocycles. The number of aryl methyl sites for hydroxylation is 1. The van der Waals surface area contributed by atoms with Gasteiger partial charge in [0, 0.05) is 36.8 Å². The molecule has 10 heteroatoms. The maximum absolute atomic E-state index is 11.3. The number of nitrogens with one attached hydrogen (secondary N) is 3. The van der Waals surface area contributed by atoms with Crippen LogP contribution in [0.4, 0.5) is 29.1 Å². The summed E-state index contributed by atoms with van der Waals surface area (Å²) < 4.78 is 12.9. The maximum Gasteiger partial charge on any atom is 0.232 e. The molecule has 36 heavy (non-hydrogen) atoms. The van der Waals surface area contributed by atoms with Crippen molar-refractivity contribution in [1.82, 2.24) is 19.5 Å². The molecule has 2 aromatic heterocycles. The monoisotopic (exact) mass is 483 g/mol. The molecule has 0 aliphatic rings. The summed E-state index contributed by atoms with van der Waals surface area (Å²) in [6.07, 6.45) is 0. The summed E-state index contributed by atoms with van der Waals surface area (Å²) in [4.78, 5) is 25.5. The minimum atomic E-state index is -0.129. The van der Waals surface area contributed by atoms with Crippen molar-refractivity contribution in [3.8, 4) is 11.5 Å². The highest BCUT2D eigenvalue weighted by Crippen LogP contribution is 2.36. The number of methoxy groups -OCH3 is 2. The first-order valence-corrected chi connectivity index (χ1v) is 11.2. The van der Waals surface area contributed by atoms with Crippen LogP contribution in [0.2, 0.25) is 0 Å². The minimum absolute atomic E-state index is 0.129. The number of para-hydroxylation sites is 2. The molecule has 3 N–H and O–H groups in total. The van der Waals surface area contributed by atoms with Gasteiger partial charge in [0.15, 0.2) is 11.5 Å². The molecule has 0 unspecified atom stereocenters. The lowest BCUT2D eigenvalue weighted by atomic mass is 10.2. The van der Waals surface area contributed by atoms with Crippen LogP contribution in [0, 0.1) is 0 Å². The molecule has 0 radical (unpaired) electrons. The van der Waals surface area contributed by atoms with Gasteiger partial charge in [-0.2, -0.15) is 4.98 Å². The SMILES string of the molecule is COc1cc2nc(Nc3nc4ccccc4n3C)nc(Nc3ccc(NC(C)=O)cc3)c2cc1OC. The number of amides is 1. The molecule has 0 saturated heterocycles. The van der Waals surface area contributed by atoms with Crippen molar-refractivity contribution < 1.29 is 14.3 Å². The Balaban J connectivity index is 1.58. The van der Waals surface area contributed by atoms with Gasteiger partial charge >= 0.3 is 0 Å². The standard InChI is InChI=1S/C26H25N7O3/c1-15(34)27-16-9-11-17(12-10-16)28-24-18-13-22(35-3)23(36-4)14-20(18)29-25(31-24)32-26-30-19-7-5-6-8-21(19)33(26)2/h5-14H,1-4H3,(H,27,34)(H2,28,29,30,31,32). The number of ether oxygens (including phenoxy) is 2. The van der Waals surface area contributed by atoms with E-state index in [0.717, 1.165) is 22.1 Å². The largest absolute Gasteiger partial charge is 0.493 e. The van der Waals surface area contributed by atoms with E-state index in [-0.39, 0.29) is 5.91 Å². The van der Waals surface area contributed by atoms with Crippen molar-refractivity contribution in [1.29, 1.82) is 0 Å². The number of nitrogens with zero attached hydrogens (tertiary/aromatic N) is 4. The van der Waals surface area contributed by atoms with Crippen LogP contribution >= 0.6 is 0 Å². The molecule has 3 aromatic carbocycles. The lowest BCUT2D eigenvalue weighted by Crippen LogP contribution is -2.06. The Morgan fingerprint density at radius 2 is 1.53 bits per heavy atom. The highest BCUT2D eigenvalue weighted by Gasteiger charge is 2.16. The van der Waals surface area contributed by atoms with E-state index in [1.807, 2.05) is 66.2 Å². The van der Waals surface area contributed by atoms with Crippen LogP contribution in [0.1, 0.15) is 6.92 Å². The fraction of sp³-hybridized carbons (Fsp3) is 0.154. The first-order valence-electron chi connectivity index (χ1n) is 11.2. The first-order chi connectivity index (χ1) is 17.4. The third-order valence-corrected chi connectivity index (χ3v) is 5.68. The minimum Gasteiger partial charge on any atom is -0.493 e. The Labute approximate surface area is 207 Å². The summed E-state index contributed by atoms with van der Waals surface area (Å²) >= 11 is 0. The van der Waals surface area contributed by atoms with Crippen LogP contribution in [-0.4, -0.2) is 39.6 Å². The van der Waals surface area contributed by atoms with Crippen molar-refractivity contribution >= 4 is 56.9 Å². The van der Waals surface area contributed by atoms with Crippen molar-refractivity contribution in [2.75, 3.05) is 30.2 Å². The third-order valence-electron chi connectivity index (χ3n) is 5.68. The molecule has 0 aliphatic carbocycles. The number of imidazole rings is 1. The predicted octanol–water partition coefficient (Wildman–Crippen LogP) is 4.98. The summed E-state index contributed by atoms with van der Waals surface area (Å²) in [5.41, 5.74) is 4.00. The van der Waals surface area contributed by atoms with Gasteiger partial charge in [0.05, 0.1) is 30.8 Å². The first kappa shape index (κ1) is 22.9. The van der Waals surface area contributed by atoms with Gasteiger partial charge in [-0.25, -0.2) is 9.97 Å². The molecule has 182 valence electrons. The fourth-order valence-electron chi connectivity index (χ4n) is 3.94. The van der Waals surface area contributed by atoms with Crippen LogP contribution in [-0.2, 0) is 11.8 Å². The van der Waals surface area contributed by atoms with Crippen LogP contribution in [0.15, 0.2) is 60.7 Å². The van der Waals surface area contributed by atoms with Crippen molar-refractivity contribution in [3.63, 3.8) is 0 Å². The molecule has 0 bridgehead atoms. The van der Waals surface area contributed by atoms with Crippen LogP contribution in [0.5, 0.6) is 11.5 Å². The normalized spacial score (nSPS) is 10.9. The Morgan fingerprint density at radius 3 is 2.22 bits per heavy atom. The second-order valence-electron chi connectivity index (χ2n) is 8.11. The highest BCUT2D eigenvalue weighted by atomic mass is 16.5. The number of fused-ring (bicyclic) bond motifs is 2. The molecule has 0 fully saturated rings. The van der Waals surface area contributed by atoms with Crippen molar-refractivity contribution in [2.45, 2.75) is 6.92 Å². The van der Waals surface area contributed by atoms with Gasteiger partial charge in [-0.05, 0) is 42.5 Å². The lowest BCUT2D eigenvalue weighted by Gasteiger charge is -2.15. The van der Waals surface area contributed by atoms with Crippen molar-refractivity contribution in [3.05, 3.63) is 60.7 Å². The van der Waals surface area contributed by atoms with E-state index in [9.17, 15) is 4.79 Å². The summed E-state index contributed by atoms with van der Waals surface area (Å²) in [6, 6.07) is 18.9. The lowest BCUT2D eigenvalue weighted by molar-refractivity contribution is -0.114. The summed E-state index contributed by atoms with van der Waals surface area (Å²) in [5, 5.41) is 10.1. The zero-order valence-corrected chi connectivity index (χ0v) is 20.3. The summed E-state index contributed by atoms with van der Waals surface area (Å²) in [7, 11) is 5.10. The molecule has 0 spiro atoms. The van der Waals surface area contributed by atoms with E-state index >= 15 is 0 Å². The Hall–Kier alpha value is -4.86. The average molecular weight is 484 g/mol. The van der Waals surface area contributed by atoms with Crippen LogP contribution in [0.25, 0.3) is 21.9 Å². The van der Waals surface area contributed by atoms with E-state index in [0.29, 0.717) is 40.4 Å². The zero-order valence-electron chi connectivity index (χ0n) is 20.3. The molecule has 0 atom stereocenters. The van der Waals surface area contributed by atoms with Gasteiger partial charge < -0.3 is 24.7 Å². The quantitative estimate of drug-likeness (QED) is 0.297. The molecular weight excluding hydrogens is 458 g/mol. The highest BCUT2D eigenvalue weighted by molar-refractivity contribution is 5.95. The molecule has 0 aliphatic heterocycles. The van der Waals surface area contributed by atoms with E-state index in [1.165, 1.54) is 6.92 Å². The van der Waals surface area contributed by atoms with Gasteiger partial charge in [-0.1, -0.05) is 12.1 Å². The Kier molecular flexibility index (Phi) is 5.99. The number of carbonyl (C=O) groups excluding carboxylic acids is 1. The molecule has 2 heterocycles. The van der Waals surface area contributed by atoms with Gasteiger partial charge in [0.1, 0.15) is 5.82 Å². The molecule has 5 rings (SSSR count). The number of hydrogen-bond acceptors (Lipinski definition) is 8. The van der Waals surface area contributed by atoms with Gasteiger partial charge in [-0.3, -0.25) is 10.1 Å².